The van der Waals surface area contributed by atoms with Crippen LogP contribution < -0.4 is 10.1 Å². The van der Waals surface area contributed by atoms with Crippen LogP contribution in [0.3, 0.4) is 0 Å². The smallest absolute Gasteiger partial charge is 0.320 e. The lowest BCUT2D eigenvalue weighted by Gasteiger charge is -2.15. The van der Waals surface area contributed by atoms with Gasteiger partial charge >= 0.3 is 5.97 Å². The second-order valence-corrected chi connectivity index (χ2v) is 5.94. The number of hydrogen-bond donors (Lipinski definition) is 2. The maximum Gasteiger partial charge on any atom is 0.320 e. The molecule has 0 heterocycles. The average molecular weight is 395 g/mol. The van der Waals surface area contributed by atoms with Crippen LogP contribution >= 0.6 is 31.9 Å². The van der Waals surface area contributed by atoms with Gasteiger partial charge < -0.3 is 15.2 Å². The van der Waals surface area contributed by atoms with Crippen LogP contribution in [0.25, 0.3) is 0 Å². The molecule has 2 N–H and O–H groups in total. The minimum absolute atomic E-state index is 0.435. The molecule has 0 saturated carbocycles. The first-order valence-corrected chi connectivity index (χ1v) is 7.61. The average Bonchev–Trinajstić information content (AvgIpc) is 2.34. The number of rotatable bonds is 7. The van der Waals surface area contributed by atoms with Gasteiger partial charge in [-0.3, -0.25) is 4.79 Å². The molecule has 0 aliphatic carbocycles. The standard InChI is InChI=1S/C13H17Br2NO3/c1-3-4-19-12-9(5-10(14)6-11(12)15)7-16-8(2)13(17)18/h5-6,8,16H,3-4,7H2,1-2H3,(H,17,18)/t8-/m0/s1. The van der Waals surface area contributed by atoms with E-state index in [0.29, 0.717) is 13.2 Å². The molecule has 1 atom stereocenters. The lowest BCUT2D eigenvalue weighted by atomic mass is 10.2. The summed E-state index contributed by atoms with van der Waals surface area (Å²) >= 11 is 6.89. The lowest BCUT2D eigenvalue weighted by Crippen LogP contribution is -2.33. The van der Waals surface area contributed by atoms with Crippen LogP contribution in [-0.2, 0) is 11.3 Å². The van der Waals surface area contributed by atoms with Gasteiger partial charge in [0.1, 0.15) is 11.8 Å². The lowest BCUT2D eigenvalue weighted by molar-refractivity contribution is -0.139. The molecule has 0 aliphatic rings. The number of carboxylic acids is 1. The third kappa shape index (κ3) is 5.12. The van der Waals surface area contributed by atoms with E-state index < -0.39 is 12.0 Å². The van der Waals surface area contributed by atoms with Gasteiger partial charge in [0.05, 0.1) is 11.1 Å². The van der Waals surface area contributed by atoms with Crippen LogP contribution in [0.4, 0.5) is 0 Å². The van der Waals surface area contributed by atoms with E-state index in [9.17, 15) is 4.79 Å². The van der Waals surface area contributed by atoms with E-state index in [-0.39, 0.29) is 0 Å². The van der Waals surface area contributed by atoms with Gasteiger partial charge in [-0.15, -0.1) is 0 Å². The molecule has 0 fully saturated rings. The first kappa shape index (κ1) is 16.5. The molecule has 0 bridgehead atoms. The monoisotopic (exact) mass is 393 g/mol. The fraction of sp³-hybridized carbons (Fsp3) is 0.462. The molecule has 0 unspecified atom stereocenters. The van der Waals surface area contributed by atoms with Crippen LogP contribution in [0.15, 0.2) is 21.1 Å². The molecule has 0 aliphatic heterocycles. The molecule has 6 heteroatoms. The van der Waals surface area contributed by atoms with E-state index in [0.717, 1.165) is 26.7 Å². The summed E-state index contributed by atoms with van der Waals surface area (Å²) in [6.45, 7) is 4.71. The maximum atomic E-state index is 10.8. The highest BCUT2D eigenvalue weighted by atomic mass is 79.9. The van der Waals surface area contributed by atoms with Crippen molar-refractivity contribution in [1.82, 2.24) is 5.32 Å². The number of carbonyl (C=O) groups is 1. The van der Waals surface area contributed by atoms with Gasteiger partial charge in [-0.05, 0) is 41.4 Å². The predicted octanol–water partition coefficient (Wildman–Crippen LogP) is 3.56. The maximum absolute atomic E-state index is 10.8. The Morgan fingerprint density at radius 2 is 2.16 bits per heavy atom. The summed E-state index contributed by atoms with van der Waals surface area (Å²) in [6, 6.07) is 3.24. The topological polar surface area (TPSA) is 58.6 Å². The summed E-state index contributed by atoms with van der Waals surface area (Å²) in [5.41, 5.74) is 0.919. The van der Waals surface area contributed by atoms with Gasteiger partial charge in [0.15, 0.2) is 0 Å². The molecule has 0 aromatic heterocycles. The number of halogens is 2. The predicted molar refractivity (Wildman–Crippen MR) is 81.6 cm³/mol. The van der Waals surface area contributed by atoms with Gasteiger partial charge in [0.2, 0.25) is 0 Å². The van der Waals surface area contributed by atoms with Crippen molar-refractivity contribution in [2.45, 2.75) is 32.9 Å². The minimum Gasteiger partial charge on any atom is -0.492 e. The highest BCUT2D eigenvalue weighted by Crippen LogP contribution is 2.33. The Morgan fingerprint density at radius 1 is 1.47 bits per heavy atom. The van der Waals surface area contributed by atoms with E-state index in [1.807, 2.05) is 19.1 Å². The van der Waals surface area contributed by atoms with Crippen LogP contribution in [-0.4, -0.2) is 23.7 Å². The molecule has 1 rings (SSSR count). The van der Waals surface area contributed by atoms with Crippen molar-refractivity contribution in [3.05, 3.63) is 26.6 Å². The summed E-state index contributed by atoms with van der Waals surface area (Å²) in [4.78, 5) is 10.8. The summed E-state index contributed by atoms with van der Waals surface area (Å²) < 4.78 is 7.49. The molecule has 4 nitrogen and oxygen atoms in total. The Labute approximate surface area is 129 Å². The molecule has 0 saturated heterocycles. The van der Waals surface area contributed by atoms with Crippen molar-refractivity contribution in [1.29, 1.82) is 0 Å². The van der Waals surface area contributed by atoms with Crippen molar-refractivity contribution in [3.63, 3.8) is 0 Å². The zero-order valence-electron chi connectivity index (χ0n) is 10.9. The number of ether oxygens (including phenoxy) is 1. The highest BCUT2D eigenvalue weighted by Gasteiger charge is 2.14. The van der Waals surface area contributed by atoms with Gasteiger partial charge in [-0.25, -0.2) is 0 Å². The van der Waals surface area contributed by atoms with Crippen LogP contribution in [0.5, 0.6) is 5.75 Å². The van der Waals surface area contributed by atoms with Gasteiger partial charge in [-0.2, -0.15) is 0 Å². The van der Waals surface area contributed by atoms with Crippen LogP contribution in [0.1, 0.15) is 25.8 Å². The molecule has 0 spiro atoms. The number of nitrogens with one attached hydrogen (secondary N) is 1. The van der Waals surface area contributed by atoms with Crippen molar-refractivity contribution < 1.29 is 14.6 Å². The molecule has 19 heavy (non-hydrogen) atoms. The highest BCUT2D eigenvalue weighted by molar-refractivity contribution is 9.11. The Balaban J connectivity index is 2.87. The van der Waals surface area contributed by atoms with Gasteiger partial charge in [0.25, 0.3) is 0 Å². The largest absolute Gasteiger partial charge is 0.492 e. The zero-order chi connectivity index (χ0) is 14.4. The molecular formula is C13H17Br2NO3. The van der Waals surface area contributed by atoms with Crippen molar-refractivity contribution >= 4 is 37.8 Å². The number of hydrogen-bond acceptors (Lipinski definition) is 3. The van der Waals surface area contributed by atoms with E-state index in [2.05, 4.69) is 37.2 Å². The van der Waals surface area contributed by atoms with Crippen LogP contribution in [0, 0.1) is 0 Å². The van der Waals surface area contributed by atoms with E-state index >= 15 is 0 Å². The Bertz CT molecular complexity index is 452. The van der Waals surface area contributed by atoms with Crippen LogP contribution in [0.2, 0.25) is 0 Å². The van der Waals surface area contributed by atoms with Crippen molar-refractivity contribution in [3.8, 4) is 5.75 Å². The Kier molecular flexibility index (Phi) is 6.82. The molecular weight excluding hydrogens is 378 g/mol. The van der Waals surface area contributed by atoms with E-state index in [1.165, 1.54) is 0 Å². The second kappa shape index (κ2) is 7.87. The molecule has 1 aromatic rings. The SMILES string of the molecule is CCCOc1c(Br)cc(Br)cc1CN[C@@H](C)C(=O)O. The number of carboxylic acid groups (broad SMARTS) is 1. The summed E-state index contributed by atoms with van der Waals surface area (Å²) in [6.07, 6.45) is 0.918. The first-order chi connectivity index (χ1) is 8.95. The summed E-state index contributed by atoms with van der Waals surface area (Å²) in [7, 11) is 0. The first-order valence-electron chi connectivity index (χ1n) is 6.02. The number of benzene rings is 1. The van der Waals surface area contributed by atoms with E-state index in [1.54, 1.807) is 6.92 Å². The fourth-order valence-corrected chi connectivity index (χ4v) is 2.89. The quantitative estimate of drug-likeness (QED) is 0.742. The zero-order valence-corrected chi connectivity index (χ0v) is 14.0. The normalized spacial score (nSPS) is 12.2. The summed E-state index contributed by atoms with van der Waals surface area (Å²) in [5.74, 6) is -0.111. The molecule has 0 radical (unpaired) electrons. The molecule has 106 valence electrons. The van der Waals surface area contributed by atoms with Gasteiger partial charge in [-0.1, -0.05) is 22.9 Å². The van der Waals surface area contributed by atoms with Crippen molar-refractivity contribution in [2.75, 3.05) is 6.61 Å². The second-order valence-electron chi connectivity index (χ2n) is 4.17. The molecule has 1 aromatic carbocycles. The summed E-state index contributed by atoms with van der Waals surface area (Å²) in [5, 5.41) is 11.8. The van der Waals surface area contributed by atoms with Gasteiger partial charge in [0, 0.05) is 16.6 Å². The van der Waals surface area contributed by atoms with Crippen molar-refractivity contribution in [2.24, 2.45) is 0 Å². The minimum atomic E-state index is -0.870. The third-order valence-corrected chi connectivity index (χ3v) is 3.55. The fourth-order valence-electron chi connectivity index (χ4n) is 1.46. The Hall–Kier alpha value is -0.590. The molecule has 0 amide bonds. The van der Waals surface area contributed by atoms with E-state index in [4.69, 9.17) is 9.84 Å². The Morgan fingerprint density at radius 3 is 2.74 bits per heavy atom. The number of aliphatic carboxylic acids is 1. The third-order valence-electron chi connectivity index (χ3n) is 2.50.